The van der Waals surface area contributed by atoms with E-state index in [0.29, 0.717) is 18.7 Å². The van der Waals surface area contributed by atoms with Gasteiger partial charge >= 0.3 is 0 Å². The summed E-state index contributed by atoms with van der Waals surface area (Å²) in [5.74, 6) is 0.0827. The molecule has 0 spiro atoms. The molecule has 0 atom stereocenters. The molecule has 0 unspecified atom stereocenters. The molecule has 0 radical (unpaired) electrons. The van der Waals surface area contributed by atoms with Gasteiger partial charge in [-0.3, -0.25) is 4.72 Å². The van der Waals surface area contributed by atoms with Crippen LogP contribution in [0.15, 0.2) is 16.8 Å². The van der Waals surface area contributed by atoms with Crippen LogP contribution in [-0.4, -0.2) is 20.7 Å². The summed E-state index contributed by atoms with van der Waals surface area (Å²) in [6.07, 6.45) is 0.486. The molecule has 0 saturated heterocycles. The van der Waals surface area contributed by atoms with Gasteiger partial charge in [-0.15, -0.1) is 0 Å². The fraction of sp³-hybridized carbons (Fsp3) is 0.429. The summed E-state index contributed by atoms with van der Waals surface area (Å²) in [5.41, 5.74) is 5.85. The van der Waals surface area contributed by atoms with Crippen LogP contribution in [0.4, 0.5) is 5.69 Å². The molecule has 0 fully saturated rings. The standard InChI is InChI=1S/C7H12N2O2S2/c8-3-1-5-13(10,11)9-7-2-4-12-6-7/h2,4,6,9H,1,3,5,8H2. The highest BCUT2D eigenvalue weighted by molar-refractivity contribution is 7.92. The Balaban J connectivity index is 2.53. The maximum atomic E-state index is 11.3. The summed E-state index contributed by atoms with van der Waals surface area (Å²) >= 11 is 1.45. The number of anilines is 1. The lowest BCUT2D eigenvalue weighted by Crippen LogP contribution is -2.18. The first kappa shape index (κ1) is 10.5. The van der Waals surface area contributed by atoms with Crippen LogP contribution in [0.2, 0.25) is 0 Å². The Morgan fingerprint density at radius 2 is 2.31 bits per heavy atom. The number of sulfonamides is 1. The highest BCUT2D eigenvalue weighted by Gasteiger charge is 2.08. The molecule has 0 amide bonds. The Hall–Kier alpha value is -0.590. The molecule has 74 valence electrons. The Morgan fingerprint density at radius 1 is 1.54 bits per heavy atom. The third kappa shape index (κ3) is 3.75. The molecule has 1 heterocycles. The van der Waals surface area contributed by atoms with Gasteiger partial charge < -0.3 is 5.73 Å². The Labute approximate surface area is 81.8 Å². The van der Waals surface area contributed by atoms with Crippen molar-refractivity contribution in [2.45, 2.75) is 6.42 Å². The van der Waals surface area contributed by atoms with Gasteiger partial charge in [0.25, 0.3) is 0 Å². The van der Waals surface area contributed by atoms with E-state index in [0.717, 1.165) is 0 Å². The van der Waals surface area contributed by atoms with Gasteiger partial charge in [0.2, 0.25) is 10.0 Å². The molecule has 0 bridgehead atoms. The molecule has 1 rings (SSSR count). The first-order valence-corrected chi connectivity index (χ1v) is 6.46. The molecule has 0 aliphatic heterocycles. The fourth-order valence-electron chi connectivity index (χ4n) is 0.826. The molecule has 3 N–H and O–H groups in total. The van der Waals surface area contributed by atoms with Gasteiger partial charge in [0.15, 0.2) is 0 Å². The first-order valence-electron chi connectivity index (χ1n) is 3.87. The van der Waals surface area contributed by atoms with Crippen LogP contribution in [0.1, 0.15) is 6.42 Å². The molecule has 0 aromatic carbocycles. The fourth-order valence-corrected chi connectivity index (χ4v) is 2.62. The Kier molecular flexibility index (Phi) is 3.71. The SMILES string of the molecule is NCCCS(=O)(=O)Nc1ccsc1. The van der Waals surface area contributed by atoms with Gasteiger partial charge in [0.1, 0.15) is 0 Å². The van der Waals surface area contributed by atoms with Crippen LogP contribution in [0.5, 0.6) is 0 Å². The third-order valence-corrected chi connectivity index (χ3v) is 3.47. The lowest BCUT2D eigenvalue weighted by molar-refractivity contribution is 0.599. The van der Waals surface area contributed by atoms with Crippen molar-refractivity contribution in [3.05, 3.63) is 16.8 Å². The Morgan fingerprint density at radius 3 is 2.85 bits per heavy atom. The summed E-state index contributed by atoms with van der Waals surface area (Å²) in [6, 6.07) is 1.73. The molecular weight excluding hydrogens is 208 g/mol. The summed E-state index contributed by atoms with van der Waals surface area (Å²) in [6.45, 7) is 0.393. The van der Waals surface area contributed by atoms with Crippen molar-refractivity contribution in [2.24, 2.45) is 5.73 Å². The molecular formula is C7H12N2O2S2. The van der Waals surface area contributed by atoms with E-state index in [-0.39, 0.29) is 5.75 Å². The van der Waals surface area contributed by atoms with Crippen molar-refractivity contribution in [1.29, 1.82) is 0 Å². The van der Waals surface area contributed by atoms with Crippen molar-refractivity contribution in [3.63, 3.8) is 0 Å². The van der Waals surface area contributed by atoms with E-state index in [1.54, 1.807) is 11.4 Å². The average molecular weight is 220 g/mol. The number of nitrogens with one attached hydrogen (secondary N) is 1. The predicted molar refractivity (Wildman–Crippen MR) is 55.4 cm³/mol. The van der Waals surface area contributed by atoms with Crippen LogP contribution in [0.25, 0.3) is 0 Å². The largest absolute Gasteiger partial charge is 0.330 e. The molecule has 0 aliphatic carbocycles. The normalized spacial score (nSPS) is 11.5. The van der Waals surface area contributed by atoms with E-state index in [1.165, 1.54) is 11.3 Å². The lowest BCUT2D eigenvalue weighted by Gasteiger charge is -2.04. The van der Waals surface area contributed by atoms with Crippen LogP contribution in [0, 0.1) is 0 Å². The smallest absolute Gasteiger partial charge is 0.232 e. The summed E-state index contributed by atoms with van der Waals surface area (Å²) in [7, 11) is -3.19. The highest BCUT2D eigenvalue weighted by Crippen LogP contribution is 2.13. The highest BCUT2D eigenvalue weighted by atomic mass is 32.2. The number of nitrogens with two attached hydrogens (primary N) is 1. The molecule has 0 aliphatic rings. The molecule has 4 nitrogen and oxygen atoms in total. The van der Waals surface area contributed by atoms with Gasteiger partial charge in [-0.1, -0.05) is 0 Å². The van der Waals surface area contributed by atoms with Crippen molar-refractivity contribution < 1.29 is 8.42 Å². The molecule has 13 heavy (non-hydrogen) atoms. The van der Waals surface area contributed by atoms with Crippen LogP contribution in [-0.2, 0) is 10.0 Å². The predicted octanol–water partition coefficient (Wildman–Crippen LogP) is 0.839. The maximum Gasteiger partial charge on any atom is 0.232 e. The second-order valence-corrected chi connectivity index (χ2v) is 5.20. The van der Waals surface area contributed by atoms with Crippen molar-refractivity contribution in [2.75, 3.05) is 17.0 Å². The minimum Gasteiger partial charge on any atom is -0.330 e. The zero-order valence-electron chi connectivity index (χ0n) is 7.06. The van der Waals surface area contributed by atoms with Crippen LogP contribution < -0.4 is 10.5 Å². The topological polar surface area (TPSA) is 72.2 Å². The third-order valence-electron chi connectivity index (χ3n) is 1.41. The Bertz CT molecular complexity index is 331. The van der Waals surface area contributed by atoms with Crippen LogP contribution in [0.3, 0.4) is 0 Å². The number of hydrogen-bond acceptors (Lipinski definition) is 4. The quantitative estimate of drug-likeness (QED) is 0.772. The van der Waals surface area contributed by atoms with Crippen molar-refractivity contribution in [1.82, 2.24) is 0 Å². The van der Waals surface area contributed by atoms with Gasteiger partial charge in [-0.2, -0.15) is 11.3 Å². The van der Waals surface area contributed by atoms with E-state index >= 15 is 0 Å². The minimum absolute atomic E-state index is 0.0827. The zero-order chi connectivity index (χ0) is 9.73. The van der Waals surface area contributed by atoms with Crippen LogP contribution >= 0.6 is 11.3 Å². The van der Waals surface area contributed by atoms with E-state index in [9.17, 15) is 8.42 Å². The van der Waals surface area contributed by atoms with Crippen molar-refractivity contribution >= 4 is 27.0 Å². The molecule has 1 aromatic rings. The van der Waals surface area contributed by atoms with Gasteiger partial charge in [-0.05, 0) is 24.4 Å². The number of thiophene rings is 1. The number of hydrogen-bond donors (Lipinski definition) is 2. The first-order chi connectivity index (χ1) is 6.14. The second kappa shape index (κ2) is 4.59. The van der Waals surface area contributed by atoms with Gasteiger partial charge in [0, 0.05) is 5.38 Å². The lowest BCUT2D eigenvalue weighted by atomic mass is 10.5. The molecule has 0 saturated carbocycles. The number of rotatable bonds is 5. The van der Waals surface area contributed by atoms with Gasteiger partial charge in [-0.25, -0.2) is 8.42 Å². The van der Waals surface area contributed by atoms with Gasteiger partial charge in [0.05, 0.1) is 11.4 Å². The zero-order valence-corrected chi connectivity index (χ0v) is 8.70. The van der Waals surface area contributed by atoms with E-state index in [1.807, 2.05) is 5.38 Å². The van der Waals surface area contributed by atoms with E-state index in [4.69, 9.17) is 5.73 Å². The van der Waals surface area contributed by atoms with E-state index < -0.39 is 10.0 Å². The summed E-state index contributed by atoms with van der Waals surface area (Å²) in [5, 5.41) is 3.57. The minimum atomic E-state index is -3.19. The summed E-state index contributed by atoms with van der Waals surface area (Å²) < 4.78 is 25.0. The van der Waals surface area contributed by atoms with Crippen molar-refractivity contribution in [3.8, 4) is 0 Å². The summed E-state index contributed by atoms with van der Waals surface area (Å²) in [4.78, 5) is 0. The molecule has 1 aromatic heterocycles. The average Bonchev–Trinajstić information content (AvgIpc) is 2.52. The molecule has 6 heteroatoms. The maximum absolute atomic E-state index is 11.3. The van der Waals surface area contributed by atoms with E-state index in [2.05, 4.69) is 4.72 Å². The monoisotopic (exact) mass is 220 g/mol. The second-order valence-electron chi connectivity index (χ2n) is 2.58.